The number of aromatic carboxylic acids is 1. The van der Waals surface area contributed by atoms with E-state index in [-0.39, 0.29) is 11.1 Å². The molecule has 5 heteroatoms. The number of nitrogens with zero attached hydrogens (tertiary/aromatic N) is 1. The van der Waals surface area contributed by atoms with Crippen LogP contribution in [0.2, 0.25) is 0 Å². The molecular weight excluding hydrogens is 258 g/mol. The van der Waals surface area contributed by atoms with Crippen LogP contribution in [0.25, 0.3) is 10.8 Å². The van der Waals surface area contributed by atoms with Gasteiger partial charge in [-0.2, -0.15) is 0 Å². The lowest BCUT2D eigenvalue weighted by atomic mass is 10.0. The summed E-state index contributed by atoms with van der Waals surface area (Å²) in [7, 11) is 0. The van der Waals surface area contributed by atoms with Gasteiger partial charge in [-0.3, -0.25) is 4.98 Å². The molecule has 0 aliphatic carbocycles. The van der Waals surface area contributed by atoms with E-state index in [2.05, 4.69) is 4.98 Å². The van der Waals surface area contributed by atoms with Crippen molar-refractivity contribution in [3.63, 3.8) is 0 Å². The fourth-order valence-corrected chi connectivity index (χ4v) is 1.81. The average Bonchev–Trinajstić information content (AvgIpc) is 2.35. The Morgan fingerprint density at radius 1 is 1.15 bits per heavy atom. The number of hydrogen-bond acceptors (Lipinski definition) is 4. The summed E-state index contributed by atoms with van der Waals surface area (Å²) in [6.07, 6.45) is 3.15. The van der Waals surface area contributed by atoms with Crippen molar-refractivity contribution in [3.8, 4) is 0 Å². The number of pyridine rings is 1. The topological polar surface area (TPSA) is 76.5 Å². The van der Waals surface area contributed by atoms with E-state index in [0.717, 1.165) is 0 Å². The Bertz CT molecular complexity index is 686. The SMILES string of the molecule is CC(C)(C)OC(=O)c1cc2cnccc2cc1C(=O)O. The molecule has 0 fully saturated rings. The summed E-state index contributed by atoms with van der Waals surface area (Å²) >= 11 is 0. The molecule has 5 nitrogen and oxygen atoms in total. The molecule has 0 bridgehead atoms. The summed E-state index contributed by atoms with van der Waals surface area (Å²) in [5.74, 6) is -1.81. The zero-order valence-corrected chi connectivity index (χ0v) is 11.5. The van der Waals surface area contributed by atoms with Crippen LogP contribution in [0.1, 0.15) is 41.5 Å². The lowest BCUT2D eigenvalue weighted by Crippen LogP contribution is -2.25. The number of esters is 1. The molecule has 0 aliphatic heterocycles. The third-order valence-corrected chi connectivity index (χ3v) is 2.63. The normalized spacial score (nSPS) is 11.3. The van der Waals surface area contributed by atoms with Crippen molar-refractivity contribution in [3.05, 3.63) is 41.7 Å². The van der Waals surface area contributed by atoms with Crippen LogP contribution in [-0.4, -0.2) is 27.6 Å². The van der Waals surface area contributed by atoms with Gasteiger partial charge < -0.3 is 9.84 Å². The molecule has 2 rings (SSSR count). The van der Waals surface area contributed by atoms with E-state index in [1.54, 1.807) is 39.2 Å². The van der Waals surface area contributed by atoms with Crippen LogP contribution >= 0.6 is 0 Å². The van der Waals surface area contributed by atoms with E-state index < -0.39 is 17.5 Å². The maximum absolute atomic E-state index is 12.1. The molecule has 104 valence electrons. The van der Waals surface area contributed by atoms with Crippen molar-refractivity contribution in [2.24, 2.45) is 0 Å². The molecule has 2 aromatic rings. The van der Waals surface area contributed by atoms with E-state index in [9.17, 15) is 14.7 Å². The third-order valence-electron chi connectivity index (χ3n) is 2.63. The van der Waals surface area contributed by atoms with Crippen LogP contribution in [0, 0.1) is 0 Å². The van der Waals surface area contributed by atoms with Crippen molar-refractivity contribution in [2.75, 3.05) is 0 Å². The van der Waals surface area contributed by atoms with Gasteiger partial charge in [0, 0.05) is 17.8 Å². The first kappa shape index (κ1) is 14.0. The third kappa shape index (κ3) is 2.93. The molecule has 0 aliphatic rings. The van der Waals surface area contributed by atoms with Gasteiger partial charge in [0.1, 0.15) is 5.60 Å². The van der Waals surface area contributed by atoms with Gasteiger partial charge in [0.05, 0.1) is 11.1 Å². The van der Waals surface area contributed by atoms with Gasteiger partial charge in [0.2, 0.25) is 0 Å². The van der Waals surface area contributed by atoms with E-state index in [4.69, 9.17) is 4.74 Å². The van der Waals surface area contributed by atoms with Gasteiger partial charge in [0.15, 0.2) is 0 Å². The molecule has 0 atom stereocenters. The predicted molar refractivity (Wildman–Crippen MR) is 73.9 cm³/mol. The highest BCUT2D eigenvalue weighted by Crippen LogP contribution is 2.22. The van der Waals surface area contributed by atoms with Gasteiger partial charge in [-0.25, -0.2) is 9.59 Å². The largest absolute Gasteiger partial charge is 0.478 e. The molecule has 1 aromatic carbocycles. The number of carbonyl (C=O) groups excluding carboxylic acids is 1. The highest BCUT2D eigenvalue weighted by Gasteiger charge is 2.23. The Labute approximate surface area is 116 Å². The Balaban J connectivity index is 2.58. The summed E-state index contributed by atoms with van der Waals surface area (Å²) < 4.78 is 5.24. The fraction of sp³-hybridized carbons (Fsp3) is 0.267. The zero-order valence-electron chi connectivity index (χ0n) is 11.5. The molecule has 0 saturated carbocycles. The van der Waals surface area contributed by atoms with Crippen molar-refractivity contribution >= 4 is 22.7 Å². The first-order chi connectivity index (χ1) is 9.28. The number of hydrogen-bond donors (Lipinski definition) is 1. The molecule has 1 heterocycles. The minimum Gasteiger partial charge on any atom is -0.478 e. The van der Waals surface area contributed by atoms with Crippen molar-refractivity contribution in [1.82, 2.24) is 4.98 Å². The lowest BCUT2D eigenvalue weighted by Gasteiger charge is -2.20. The quantitative estimate of drug-likeness (QED) is 0.851. The lowest BCUT2D eigenvalue weighted by molar-refractivity contribution is 0.00660. The monoisotopic (exact) mass is 273 g/mol. The Hall–Kier alpha value is -2.43. The molecule has 0 spiro atoms. The van der Waals surface area contributed by atoms with Gasteiger partial charge in [-0.15, -0.1) is 0 Å². The first-order valence-corrected chi connectivity index (χ1v) is 6.12. The highest BCUT2D eigenvalue weighted by molar-refractivity contribution is 6.06. The maximum atomic E-state index is 12.1. The van der Waals surface area contributed by atoms with Crippen molar-refractivity contribution < 1.29 is 19.4 Å². The van der Waals surface area contributed by atoms with E-state index in [0.29, 0.717) is 10.8 Å². The van der Waals surface area contributed by atoms with Gasteiger partial charge in [-0.05, 0) is 44.4 Å². The van der Waals surface area contributed by atoms with Crippen LogP contribution < -0.4 is 0 Å². The standard InChI is InChI=1S/C15H15NO4/c1-15(2,3)20-14(19)12-7-10-8-16-5-4-9(10)6-11(12)13(17)18/h4-8H,1-3H3,(H,17,18). The van der Waals surface area contributed by atoms with E-state index >= 15 is 0 Å². The highest BCUT2D eigenvalue weighted by atomic mass is 16.6. The molecule has 1 aromatic heterocycles. The van der Waals surface area contributed by atoms with Crippen LogP contribution in [-0.2, 0) is 4.74 Å². The van der Waals surface area contributed by atoms with Crippen LogP contribution in [0.15, 0.2) is 30.6 Å². The Morgan fingerprint density at radius 2 is 1.80 bits per heavy atom. The van der Waals surface area contributed by atoms with Crippen molar-refractivity contribution in [2.45, 2.75) is 26.4 Å². The predicted octanol–water partition coefficient (Wildman–Crippen LogP) is 2.89. The number of benzene rings is 1. The van der Waals surface area contributed by atoms with Gasteiger partial charge >= 0.3 is 11.9 Å². The second-order valence-corrected chi connectivity index (χ2v) is 5.43. The van der Waals surface area contributed by atoms with Crippen LogP contribution in [0.3, 0.4) is 0 Å². The second-order valence-electron chi connectivity index (χ2n) is 5.43. The van der Waals surface area contributed by atoms with Crippen LogP contribution in [0.5, 0.6) is 0 Å². The molecule has 0 amide bonds. The summed E-state index contributed by atoms with van der Waals surface area (Å²) in [4.78, 5) is 27.4. The van der Waals surface area contributed by atoms with Crippen molar-refractivity contribution in [1.29, 1.82) is 0 Å². The second kappa shape index (κ2) is 4.92. The Morgan fingerprint density at radius 3 is 2.40 bits per heavy atom. The maximum Gasteiger partial charge on any atom is 0.339 e. The average molecular weight is 273 g/mol. The van der Waals surface area contributed by atoms with E-state index in [1.807, 2.05) is 0 Å². The van der Waals surface area contributed by atoms with E-state index in [1.165, 1.54) is 12.1 Å². The number of ether oxygens (including phenoxy) is 1. The molecular formula is C15H15NO4. The smallest absolute Gasteiger partial charge is 0.339 e. The van der Waals surface area contributed by atoms with Crippen LogP contribution in [0.4, 0.5) is 0 Å². The number of carboxylic acid groups (broad SMARTS) is 1. The van der Waals surface area contributed by atoms with Gasteiger partial charge in [-0.1, -0.05) is 0 Å². The number of carboxylic acids is 1. The molecule has 1 N–H and O–H groups in total. The summed E-state index contributed by atoms with van der Waals surface area (Å²) in [6, 6.07) is 4.65. The fourth-order valence-electron chi connectivity index (χ4n) is 1.81. The summed E-state index contributed by atoms with van der Waals surface area (Å²) in [5.41, 5.74) is -0.720. The number of carbonyl (C=O) groups is 2. The molecule has 0 unspecified atom stereocenters. The Kier molecular flexibility index (Phi) is 3.44. The van der Waals surface area contributed by atoms with Gasteiger partial charge in [0.25, 0.3) is 0 Å². The zero-order chi connectivity index (χ0) is 14.9. The number of fused-ring (bicyclic) bond motifs is 1. The minimum atomic E-state index is -1.16. The molecule has 0 saturated heterocycles. The minimum absolute atomic E-state index is 0.0351. The molecule has 0 radical (unpaired) electrons. The molecule has 20 heavy (non-hydrogen) atoms. The number of aromatic nitrogens is 1. The first-order valence-electron chi connectivity index (χ1n) is 6.12. The number of rotatable bonds is 2. The summed E-state index contributed by atoms with van der Waals surface area (Å²) in [5, 5.41) is 10.7. The summed E-state index contributed by atoms with van der Waals surface area (Å²) in [6.45, 7) is 5.19.